The monoisotopic (exact) mass is 245 g/mol. The van der Waals surface area contributed by atoms with E-state index < -0.39 is 0 Å². The Morgan fingerprint density at radius 3 is 2.56 bits per heavy atom. The summed E-state index contributed by atoms with van der Waals surface area (Å²) in [6.07, 6.45) is 0. The highest BCUT2D eigenvalue weighted by Crippen LogP contribution is 2.30. The number of aryl methyl sites for hydroxylation is 1. The minimum Gasteiger partial charge on any atom is -0.497 e. The number of benzene rings is 2. The molecular formula is C15H16FNO. The molecule has 94 valence electrons. The third kappa shape index (κ3) is 2.36. The molecule has 2 aromatic carbocycles. The summed E-state index contributed by atoms with van der Waals surface area (Å²) < 4.78 is 18.5. The molecule has 0 aliphatic carbocycles. The van der Waals surface area contributed by atoms with Crippen molar-refractivity contribution in [3.63, 3.8) is 0 Å². The van der Waals surface area contributed by atoms with Gasteiger partial charge in [0.25, 0.3) is 0 Å². The van der Waals surface area contributed by atoms with Gasteiger partial charge in [-0.3, -0.25) is 0 Å². The summed E-state index contributed by atoms with van der Waals surface area (Å²) in [4.78, 5) is 0. The van der Waals surface area contributed by atoms with Crippen molar-refractivity contribution in [3.8, 4) is 16.9 Å². The Balaban J connectivity index is 2.59. The topological polar surface area (TPSA) is 35.2 Å². The molecule has 0 atom stereocenters. The van der Waals surface area contributed by atoms with Gasteiger partial charge in [0.05, 0.1) is 7.11 Å². The molecule has 0 amide bonds. The summed E-state index contributed by atoms with van der Waals surface area (Å²) >= 11 is 0. The molecule has 2 N–H and O–H groups in total. The Morgan fingerprint density at radius 1 is 1.11 bits per heavy atom. The van der Waals surface area contributed by atoms with E-state index in [0.29, 0.717) is 6.54 Å². The number of hydrogen-bond acceptors (Lipinski definition) is 2. The number of ether oxygens (including phenoxy) is 1. The average molecular weight is 245 g/mol. The Hall–Kier alpha value is -1.87. The molecule has 0 bridgehead atoms. The zero-order valence-corrected chi connectivity index (χ0v) is 10.5. The van der Waals surface area contributed by atoms with Crippen LogP contribution in [-0.4, -0.2) is 7.11 Å². The summed E-state index contributed by atoms with van der Waals surface area (Å²) in [7, 11) is 1.61. The number of hydrogen-bond donors (Lipinski definition) is 1. The Morgan fingerprint density at radius 2 is 1.89 bits per heavy atom. The van der Waals surface area contributed by atoms with Crippen LogP contribution in [0.4, 0.5) is 4.39 Å². The summed E-state index contributed by atoms with van der Waals surface area (Å²) in [6, 6.07) is 10.4. The predicted molar refractivity (Wildman–Crippen MR) is 71.0 cm³/mol. The van der Waals surface area contributed by atoms with Crippen molar-refractivity contribution in [2.45, 2.75) is 13.5 Å². The SMILES string of the molecule is COc1ccc(-c2cc(F)ccc2C)c(CN)c1. The second-order valence-corrected chi connectivity index (χ2v) is 4.19. The van der Waals surface area contributed by atoms with Gasteiger partial charge in [0.15, 0.2) is 0 Å². The van der Waals surface area contributed by atoms with E-state index in [1.54, 1.807) is 13.2 Å². The van der Waals surface area contributed by atoms with Gasteiger partial charge in [-0.15, -0.1) is 0 Å². The van der Waals surface area contributed by atoms with Crippen LogP contribution in [0.15, 0.2) is 36.4 Å². The second-order valence-electron chi connectivity index (χ2n) is 4.19. The van der Waals surface area contributed by atoms with Crippen LogP contribution in [0.5, 0.6) is 5.75 Å². The lowest BCUT2D eigenvalue weighted by molar-refractivity contribution is 0.414. The van der Waals surface area contributed by atoms with Crippen molar-refractivity contribution < 1.29 is 9.13 Å². The smallest absolute Gasteiger partial charge is 0.123 e. The maximum Gasteiger partial charge on any atom is 0.123 e. The van der Waals surface area contributed by atoms with Crippen LogP contribution in [0.1, 0.15) is 11.1 Å². The fourth-order valence-electron chi connectivity index (χ4n) is 2.01. The zero-order chi connectivity index (χ0) is 13.1. The van der Waals surface area contributed by atoms with Gasteiger partial charge in [0.1, 0.15) is 11.6 Å². The van der Waals surface area contributed by atoms with Crippen molar-refractivity contribution in [1.82, 2.24) is 0 Å². The first-order chi connectivity index (χ1) is 8.65. The summed E-state index contributed by atoms with van der Waals surface area (Å²) in [5.41, 5.74) is 9.55. The molecule has 0 aliphatic heterocycles. The molecular weight excluding hydrogens is 229 g/mol. The molecule has 18 heavy (non-hydrogen) atoms. The first kappa shape index (κ1) is 12.6. The van der Waals surface area contributed by atoms with E-state index in [4.69, 9.17) is 10.5 Å². The predicted octanol–water partition coefficient (Wildman–Crippen LogP) is 3.27. The molecule has 0 radical (unpaired) electrons. The van der Waals surface area contributed by atoms with Crippen molar-refractivity contribution in [1.29, 1.82) is 0 Å². The quantitative estimate of drug-likeness (QED) is 0.900. The highest BCUT2D eigenvalue weighted by atomic mass is 19.1. The third-order valence-corrected chi connectivity index (χ3v) is 3.02. The molecule has 0 fully saturated rings. The van der Waals surface area contributed by atoms with E-state index in [1.807, 2.05) is 25.1 Å². The van der Waals surface area contributed by atoms with E-state index in [1.165, 1.54) is 12.1 Å². The van der Waals surface area contributed by atoms with E-state index in [-0.39, 0.29) is 5.82 Å². The molecule has 0 aromatic heterocycles. The lowest BCUT2D eigenvalue weighted by atomic mass is 9.95. The maximum atomic E-state index is 13.4. The molecule has 3 heteroatoms. The third-order valence-electron chi connectivity index (χ3n) is 3.02. The van der Waals surface area contributed by atoms with Crippen molar-refractivity contribution >= 4 is 0 Å². The minimum absolute atomic E-state index is 0.241. The fourth-order valence-corrected chi connectivity index (χ4v) is 2.01. The summed E-state index contributed by atoms with van der Waals surface area (Å²) in [5.74, 6) is 0.516. The van der Waals surface area contributed by atoms with Gasteiger partial charge in [-0.05, 0) is 53.4 Å². The van der Waals surface area contributed by atoms with Crippen LogP contribution in [0.3, 0.4) is 0 Å². The Bertz CT molecular complexity index is 566. The van der Waals surface area contributed by atoms with Crippen molar-refractivity contribution in [2.75, 3.05) is 7.11 Å². The maximum absolute atomic E-state index is 13.4. The molecule has 2 nitrogen and oxygen atoms in total. The fraction of sp³-hybridized carbons (Fsp3) is 0.200. The van der Waals surface area contributed by atoms with Crippen LogP contribution in [0.2, 0.25) is 0 Å². The molecule has 0 saturated carbocycles. The first-order valence-electron chi connectivity index (χ1n) is 5.79. The molecule has 0 unspecified atom stereocenters. The standard InChI is InChI=1S/C15H16FNO/c1-10-3-4-12(16)8-15(10)14-6-5-13(18-2)7-11(14)9-17/h3-8H,9,17H2,1-2H3. The number of halogens is 1. The molecule has 2 aromatic rings. The number of methoxy groups -OCH3 is 1. The van der Waals surface area contributed by atoms with Crippen LogP contribution >= 0.6 is 0 Å². The van der Waals surface area contributed by atoms with Crippen LogP contribution in [0, 0.1) is 12.7 Å². The van der Waals surface area contributed by atoms with Gasteiger partial charge >= 0.3 is 0 Å². The van der Waals surface area contributed by atoms with Gasteiger partial charge in [0.2, 0.25) is 0 Å². The zero-order valence-electron chi connectivity index (χ0n) is 10.5. The summed E-state index contributed by atoms with van der Waals surface area (Å²) in [6.45, 7) is 2.35. The van der Waals surface area contributed by atoms with E-state index >= 15 is 0 Å². The van der Waals surface area contributed by atoms with E-state index in [9.17, 15) is 4.39 Å². The van der Waals surface area contributed by atoms with Crippen LogP contribution in [0.25, 0.3) is 11.1 Å². The lowest BCUT2D eigenvalue weighted by Crippen LogP contribution is -2.00. The average Bonchev–Trinajstić information content (AvgIpc) is 2.41. The van der Waals surface area contributed by atoms with Gasteiger partial charge < -0.3 is 10.5 Å². The molecule has 0 saturated heterocycles. The number of nitrogens with two attached hydrogens (primary N) is 1. The highest BCUT2D eigenvalue weighted by molar-refractivity contribution is 5.71. The van der Waals surface area contributed by atoms with Crippen molar-refractivity contribution in [3.05, 3.63) is 53.3 Å². The van der Waals surface area contributed by atoms with Crippen molar-refractivity contribution in [2.24, 2.45) is 5.73 Å². The molecule has 0 aliphatic rings. The van der Waals surface area contributed by atoms with Gasteiger partial charge in [-0.2, -0.15) is 0 Å². The number of rotatable bonds is 3. The van der Waals surface area contributed by atoms with E-state index in [0.717, 1.165) is 28.0 Å². The minimum atomic E-state index is -0.241. The Kier molecular flexibility index (Phi) is 3.63. The van der Waals surface area contributed by atoms with Gasteiger partial charge in [0, 0.05) is 6.54 Å². The highest BCUT2D eigenvalue weighted by Gasteiger charge is 2.09. The van der Waals surface area contributed by atoms with Crippen LogP contribution < -0.4 is 10.5 Å². The lowest BCUT2D eigenvalue weighted by Gasteiger charge is -2.12. The van der Waals surface area contributed by atoms with Gasteiger partial charge in [-0.1, -0.05) is 12.1 Å². The Labute approximate surface area is 106 Å². The van der Waals surface area contributed by atoms with Crippen LogP contribution in [-0.2, 0) is 6.54 Å². The summed E-state index contributed by atoms with van der Waals surface area (Å²) in [5, 5.41) is 0. The first-order valence-corrected chi connectivity index (χ1v) is 5.79. The second kappa shape index (κ2) is 5.19. The molecule has 0 heterocycles. The molecule has 2 rings (SSSR count). The largest absolute Gasteiger partial charge is 0.497 e. The van der Waals surface area contributed by atoms with Gasteiger partial charge in [-0.25, -0.2) is 4.39 Å². The normalized spacial score (nSPS) is 10.4. The van der Waals surface area contributed by atoms with E-state index in [2.05, 4.69) is 0 Å². The molecule has 0 spiro atoms.